The summed E-state index contributed by atoms with van der Waals surface area (Å²) in [6, 6.07) is 2.74. The fraction of sp³-hybridized carbons (Fsp3) is 0.500. The van der Waals surface area contributed by atoms with E-state index in [1.165, 1.54) is 27.8 Å². The Balaban J connectivity index is 3.06. The lowest BCUT2D eigenvalue weighted by Crippen LogP contribution is -2.41. The highest BCUT2D eigenvalue weighted by atomic mass is 16.4. The maximum Gasteiger partial charge on any atom is 0.323 e. The summed E-state index contributed by atoms with van der Waals surface area (Å²) >= 11 is 0. The van der Waals surface area contributed by atoms with E-state index in [0.717, 1.165) is 0 Å². The Morgan fingerprint density at radius 2 is 1.95 bits per heavy atom. The van der Waals surface area contributed by atoms with Gasteiger partial charge in [0.1, 0.15) is 6.54 Å². The molecular weight excluding hydrogens is 260 g/mol. The minimum Gasteiger partial charge on any atom is -0.480 e. The highest BCUT2D eigenvalue weighted by molar-refractivity contribution is 5.95. The van der Waals surface area contributed by atoms with E-state index in [4.69, 9.17) is 5.11 Å². The number of nitrogens with zero attached hydrogens (tertiary/aromatic N) is 2. The zero-order chi connectivity index (χ0) is 15.5. The molecule has 0 unspecified atom stereocenters. The van der Waals surface area contributed by atoms with Crippen LogP contribution >= 0.6 is 0 Å². The zero-order valence-electron chi connectivity index (χ0n) is 12.2. The number of aromatic nitrogens is 1. The summed E-state index contributed by atoms with van der Waals surface area (Å²) in [6.45, 7) is 5.66. The first-order valence-electron chi connectivity index (χ1n) is 6.28. The Morgan fingerprint density at radius 1 is 1.35 bits per heavy atom. The van der Waals surface area contributed by atoms with Crippen molar-refractivity contribution in [3.63, 3.8) is 0 Å². The molecule has 0 aliphatic carbocycles. The van der Waals surface area contributed by atoms with E-state index in [1.54, 1.807) is 7.05 Å². The number of carbonyl (C=O) groups is 2. The van der Waals surface area contributed by atoms with Gasteiger partial charge in [-0.15, -0.1) is 0 Å². The maximum absolute atomic E-state index is 12.3. The van der Waals surface area contributed by atoms with E-state index < -0.39 is 11.9 Å². The van der Waals surface area contributed by atoms with Crippen molar-refractivity contribution in [2.24, 2.45) is 12.5 Å². The average Bonchev–Trinajstić information content (AvgIpc) is 2.28. The van der Waals surface area contributed by atoms with Crippen molar-refractivity contribution >= 4 is 11.9 Å². The molecule has 6 heteroatoms. The van der Waals surface area contributed by atoms with Gasteiger partial charge in [0.2, 0.25) is 0 Å². The molecular formula is C14H20N2O4. The molecule has 0 aliphatic heterocycles. The van der Waals surface area contributed by atoms with Crippen LogP contribution in [0.3, 0.4) is 0 Å². The molecule has 1 aromatic rings. The fourth-order valence-corrected chi connectivity index (χ4v) is 1.80. The van der Waals surface area contributed by atoms with Crippen LogP contribution < -0.4 is 5.56 Å². The van der Waals surface area contributed by atoms with Crippen LogP contribution in [0.25, 0.3) is 0 Å². The molecule has 1 N–H and O–H groups in total. The first-order chi connectivity index (χ1) is 9.10. The highest BCUT2D eigenvalue weighted by Crippen LogP contribution is 2.16. The number of carboxylic acid groups (broad SMARTS) is 1. The summed E-state index contributed by atoms with van der Waals surface area (Å²) < 4.78 is 1.35. The fourth-order valence-electron chi connectivity index (χ4n) is 1.80. The molecule has 1 aromatic heterocycles. The second-order valence-electron chi connectivity index (χ2n) is 5.98. The van der Waals surface area contributed by atoms with Gasteiger partial charge in [-0.05, 0) is 11.5 Å². The van der Waals surface area contributed by atoms with Crippen LogP contribution in [-0.4, -0.2) is 39.5 Å². The first kappa shape index (κ1) is 15.9. The lowest BCUT2D eigenvalue weighted by atomic mass is 9.95. The number of carbonyl (C=O) groups excluding carboxylic acids is 1. The van der Waals surface area contributed by atoms with E-state index in [1.807, 2.05) is 20.8 Å². The van der Waals surface area contributed by atoms with Gasteiger partial charge in [-0.25, -0.2) is 0 Å². The topological polar surface area (TPSA) is 79.6 Å². The van der Waals surface area contributed by atoms with E-state index in [0.29, 0.717) is 6.54 Å². The summed E-state index contributed by atoms with van der Waals surface area (Å²) in [5.74, 6) is -1.52. The molecule has 1 heterocycles. The normalized spacial score (nSPS) is 11.2. The smallest absolute Gasteiger partial charge is 0.323 e. The molecule has 1 amide bonds. The zero-order valence-corrected chi connectivity index (χ0v) is 12.2. The number of pyridine rings is 1. The molecule has 1 rings (SSSR count). The lowest BCUT2D eigenvalue weighted by molar-refractivity contribution is -0.138. The van der Waals surface area contributed by atoms with Gasteiger partial charge in [0.25, 0.3) is 11.5 Å². The van der Waals surface area contributed by atoms with Crippen molar-refractivity contribution in [1.82, 2.24) is 9.47 Å². The third-order valence-electron chi connectivity index (χ3n) is 2.63. The van der Waals surface area contributed by atoms with Gasteiger partial charge >= 0.3 is 5.97 Å². The second kappa shape index (κ2) is 5.90. The molecule has 0 aromatic carbocycles. The molecule has 0 atom stereocenters. The van der Waals surface area contributed by atoms with E-state index in [-0.39, 0.29) is 23.1 Å². The van der Waals surface area contributed by atoms with Crippen LogP contribution in [0, 0.1) is 5.41 Å². The number of hydrogen-bond donors (Lipinski definition) is 1. The summed E-state index contributed by atoms with van der Waals surface area (Å²) in [6.07, 6.45) is 1.49. The van der Waals surface area contributed by atoms with Crippen LogP contribution in [0.1, 0.15) is 31.1 Å². The Labute approximate surface area is 117 Å². The molecule has 0 radical (unpaired) electrons. The summed E-state index contributed by atoms with van der Waals surface area (Å²) in [4.78, 5) is 36.0. The molecule has 0 aliphatic rings. The number of rotatable bonds is 4. The Morgan fingerprint density at radius 3 is 2.40 bits per heavy atom. The van der Waals surface area contributed by atoms with Crippen LogP contribution in [0.2, 0.25) is 0 Å². The van der Waals surface area contributed by atoms with Crippen molar-refractivity contribution < 1.29 is 14.7 Å². The van der Waals surface area contributed by atoms with Gasteiger partial charge in [-0.3, -0.25) is 14.4 Å². The van der Waals surface area contributed by atoms with Crippen LogP contribution in [0.15, 0.2) is 23.1 Å². The van der Waals surface area contributed by atoms with Gasteiger partial charge in [0.05, 0.1) is 0 Å². The van der Waals surface area contributed by atoms with E-state index >= 15 is 0 Å². The van der Waals surface area contributed by atoms with Crippen molar-refractivity contribution in [2.45, 2.75) is 20.8 Å². The quantitative estimate of drug-likeness (QED) is 0.890. The van der Waals surface area contributed by atoms with Crippen LogP contribution in [-0.2, 0) is 11.8 Å². The number of amides is 1. The van der Waals surface area contributed by atoms with Gasteiger partial charge in [0.15, 0.2) is 0 Å². The standard InChI is InChI=1S/C14H20N2O4/c1-14(2,3)9-16(8-12(18)19)13(20)10-5-6-15(4)11(17)7-10/h5-7H,8-9H2,1-4H3,(H,18,19). The monoisotopic (exact) mass is 280 g/mol. The maximum atomic E-state index is 12.3. The van der Waals surface area contributed by atoms with Gasteiger partial charge in [0, 0.05) is 31.4 Å². The summed E-state index contributed by atoms with van der Waals surface area (Å²) in [5, 5.41) is 8.92. The van der Waals surface area contributed by atoms with Gasteiger partial charge in [-0.1, -0.05) is 20.8 Å². The van der Waals surface area contributed by atoms with Crippen LogP contribution in [0.4, 0.5) is 0 Å². The largest absolute Gasteiger partial charge is 0.480 e. The van der Waals surface area contributed by atoms with Crippen molar-refractivity contribution in [3.8, 4) is 0 Å². The predicted molar refractivity (Wildman–Crippen MR) is 74.7 cm³/mol. The van der Waals surface area contributed by atoms with Crippen molar-refractivity contribution in [3.05, 3.63) is 34.2 Å². The number of aryl methyl sites for hydroxylation is 1. The van der Waals surface area contributed by atoms with Gasteiger partial charge in [-0.2, -0.15) is 0 Å². The summed E-state index contributed by atoms with van der Waals surface area (Å²) in [5.41, 5.74) is -0.328. The average molecular weight is 280 g/mol. The highest BCUT2D eigenvalue weighted by Gasteiger charge is 2.24. The molecule has 20 heavy (non-hydrogen) atoms. The molecule has 0 spiro atoms. The first-order valence-corrected chi connectivity index (χ1v) is 6.28. The second-order valence-corrected chi connectivity index (χ2v) is 5.98. The van der Waals surface area contributed by atoms with Crippen LogP contribution in [0.5, 0.6) is 0 Å². The third-order valence-corrected chi connectivity index (χ3v) is 2.63. The Bertz CT molecular complexity index is 569. The molecule has 110 valence electrons. The number of carboxylic acids is 1. The molecule has 0 saturated heterocycles. The van der Waals surface area contributed by atoms with Gasteiger partial charge < -0.3 is 14.6 Å². The number of hydrogen-bond acceptors (Lipinski definition) is 3. The van der Waals surface area contributed by atoms with E-state index in [9.17, 15) is 14.4 Å². The molecule has 0 fully saturated rings. The summed E-state index contributed by atoms with van der Waals surface area (Å²) in [7, 11) is 1.58. The third kappa shape index (κ3) is 4.53. The minimum atomic E-state index is -1.08. The number of aliphatic carboxylic acids is 1. The minimum absolute atomic E-state index is 0.207. The SMILES string of the molecule is Cn1ccc(C(=O)N(CC(=O)O)CC(C)(C)C)cc1=O. The van der Waals surface area contributed by atoms with Crippen molar-refractivity contribution in [2.75, 3.05) is 13.1 Å². The lowest BCUT2D eigenvalue weighted by Gasteiger charge is -2.28. The Hall–Kier alpha value is -2.11. The predicted octanol–water partition coefficient (Wildman–Crippen LogP) is 0.958. The molecule has 6 nitrogen and oxygen atoms in total. The van der Waals surface area contributed by atoms with Crippen molar-refractivity contribution in [1.29, 1.82) is 0 Å². The van der Waals surface area contributed by atoms with E-state index in [2.05, 4.69) is 0 Å². The molecule has 0 saturated carbocycles. The Kier molecular flexibility index (Phi) is 4.70. The molecule has 0 bridgehead atoms.